The third kappa shape index (κ3) is 2.84. The molecule has 0 fully saturated rings. The van der Waals surface area contributed by atoms with E-state index in [0.29, 0.717) is 5.52 Å². The maximum absolute atomic E-state index is 12.3. The lowest BCUT2D eigenvalue weighted by Crippen LogP contribution is -2.31. The van der Waals surface area contributed by atoms with Crippen LogP contribution in [0.25, 0.3) is 10.9 Å². The summed E-state index contributed by atoms with van der Waals surface area (Å²) in [5.41, 5.74) is 1.54. The maximum atomic E-state index is 12.3. The molecule has 0 aliphatic rings. The number of anilines is 1. The number of hydrogen-bond acceptors (Lipinski definition) is 3. The SMILES string of the molecule is CNc1cc(C(=O)N(C)CC(F)F)nc2ccccc12. The molecular weight excluding hydrogens is 264 g/mol. The average Bonchev–Trinajstić information content (AvgIpc) is 2.44. The summed E-state index contributed by atoms with van der Waals surface area (Å²) in [4.78, 5) is 17.3. The van der Waals surface area contributed by atoms with Crippen LogP contribution in [0.5, 0.6) is 0 Å². The lowest BCUT2D eigenvalue weighted by Gasteiger charge is -2.17. The van der Waals surface area contributed by atoms with Crippen LogP contribution in [-0.4, -0.2) is 42.9 Å². The number of benzene rings is 1. The molecule has 1 heterocycles. The molecule has 0 radical (unpaired) electrons. The second-order valence-electron chi connectivity index (χ2n) is 4.40. The van der Waals surface area contributed by atoms with E-state index in [-0.39, 0.29) is 5.69 Å². The highest BCUT2D eigenvalue weighted by atomic mass is 19.3. The number of rotatable bonds is 4. The van der Waals surface area contributed by atoms with E-state index in [1.54, 1.807) is 19.2 Å². The predicted molar refractivity (Wildman–Crippen MR) is 74.3 cm³/mol. The van der Waals surface area contributed by atoms with Gasteiger partial charge in [-0.15, -0.1) is 0 Å². The van der Waals surface area contributed by atoms with Crippen molar-refractivity contribution in [3.63, 3.8) is 0 Å². The van der Waals surface area contributed by atoms with Gasteiger partial charge in [-0.25, -0.2) is 13.8 Å². The van der Waals surface area contributed by atoms with Gasteiger partial charge in [0.1, 0.15) is 5.69 Å². The number of aromatic nitrogens is 1. The van der Waals surface area contributed by atoms with Crippen LogP contribution in [0.1, 0.15) is 10.5 Å². The van der Waals surface area contributed by atoms with Gasteiger partial charge < -0.3 is 10.2 Å². The molecule has 0 unspecified atom stereocenters. The second-order valence-corrected chi connectivity index (χ2v) is 4.40. The first-order valence-corrected chi connectivity index (χ1v) is 6.14. The number of fused-ring (bicyclic) bond motifs is 1. The van der Waals surface area contributed by atoms with Gasteiger partial charge >= 0.3 is 0 Å². The van der Waals surface area contributed by atoms with E-state index in [2.05, 4.69) is 10.3 Å². The molecule has 0 spiro atoms. The first kappa shape index (κ1) is 14.2. The number of pyridine rings is 1. The van der Waals surface area contributed by atoms with Crippen LogP contribution >= 0.6 is 0 Å². The number of nitrogens with zero attached hydrogens (tertiary/aromatic N) is 2. The molecular formula is C14H15F2N3O. The van der Waals surface area contributed by atoms with Crippen molar-refractivity contribution in [3.8, 4) is 0 Å². The number of carbonyl (C=O) groups is 1. The summed E-state index contributed by atoms with van der Waals surface area (Å²) < 4.78 is 24.7. The normalized spacial score (nSPS) is 10.8. The van der Waals surface area contributed by atoms with Gasteiger partial charge in [-0.3, -0.25) is 4.79 Å². The molecule has 0 aliphatic carbocycles. The van der Waals surface area contributed by atoms with E-state index in [9.17, 15) is 13.6 Å². The Bertz CT molecular complexity index is 631. The first-order valence-electron chi connectivity index (χ1n) is 6.14. The summed E-state index contributed by atoms with van der Waals surface area (Å²) in [6, 6.07) is 8.92. The van der Waals surface area contributed by atoms with E-state index < -0.39 is 18.9 Å². The molecule has 2 rings (SSSR count). The van der Waals surface area contributed by atoms with Gasteiger partial charge in [0.25, 0.3) is 12.3 Å². The van der Waals surface area contributed by atoms with Crippen molar-refractivity contribution in [3.05, 3.63) is 36.0 Å². The Hall–Kier alpha value is -2.24. The molecule has 0 saturated heterocycles. The Balaban J connectivity index is 2.42. The Kier molecular flexibility index (Phi) is 4.12. The topological polar surface area (TPSA) is 45.2 Å². The Labute approximate surface area is 115 Å². The minimum atomic E-state index is -2.56. The zero-order chi connectivity index (χ0) is 14.7. The first-order chi connectivity index (χ1) is 9.52. The molecule has 0 aliphatic heterocycles. The zero-order valence-corrected chi connectivity index (χ0v) is 11.2. The minimum absolute atomic E-state index is 0.149. The van der Waals surface area contributed by atoms with E-state index in [1.807, 2.05) is 18.2 Å². The Morgan fingerprint density at radius 3 is 2.75 bits per heavy atom. The Morgan fingerprint density at radius 1 is 1.40 bits per heavy atom. The summed E-state index contributed by atoms with van der Waals surface area (Å²) >= 11 is 0. The van der Waals surface area contributed by atoms with Crippen molar-refractivity contribution in [1.82, 2.24) is 9.88 Å². The summed E-state index contributed by atoms with van der Waals surface area (Å²) in [5.74, 6) is -0.521. The standard InChI is InChI=1S/C14H15F2N3O/c1-17-11-7-12(14(20)19(2)8-13(15)16)18-10-6-4-3-5-9(10)11/h3-7,13H,8H2,1-2H3,(H,17,18). The van der Waals surface area contributed by atoms with Crippen LogP contribution in [0.2, 0.25) is 0 Å². The van der Waals surface area contributed by atoms with E-state index in [1.165, 1.54) is 7.05 Å². The monoisotopic (exact) mass is 279 g/mol. The number of hydrogen-bond donors (Lipinski definition) is 1. The van der Waals surface area contributed by atoms with Crippen molar-refractivity contribution in [2.45, 2.75) is 6.43 Å². The van der Waals surface area contributed by atoms with Crippen molar-refractivity contribution in [2.24, 2.45) is 0 Å². The molecule has 0 saturated carbocycles. The van der Waals surface area contributed by atoms with Gasteiger partial charge in [0.05, 0.1) is 12.1 Å². The summed E-state index contributed by atoms with van der Waals surface area (Å²) in [7, 11) is 3.07. The fraction of sp³-hybridized carbons (Fsp3) is 0.286. The molecule has 0 bridgehead atoms. The van der Waals surface area contributed by atoms with Gasteiger partial charge in [-0.2, -0.15) is 0 Å². The highest BCUT2D eigenvalue weighted by molar-refractivity contribution is 5.99. The summed E-state index contributed by atoms with van der Waals surface area (Å²) in [6.07, 6.45) is -2.56. The average molecular weight is 279 g/mol. The van der Waals surface area contributed by atoms with Crippen LogP contribution in [-0.2, 0) is 0 Å². The molecule has 20 heavy (non-hydrogen) atoms. The maximum Gasteiger partial charge on any atom is 0.272 e. The fourth-order valence-corrected chi connectivity index (χ4v) is 1.98. The van der Waals surface area contributed by atoms with Crippen LogP contribution < -0.4 is 5.32 Å². The quantitative estimate of drug-likeness (QED) is 0.935. The molecule has 2 aromatic rings. The van der Waals surface area contributed by atoms with E-state index >= 15 is 0 Å². The summed E-state index contributed by atoms with van der Waals surface area (Å²) in [6.45, 7) is -0.609. The smallest absolute Gasteiger partial charge is 0.272 e. The highest BCUT2D eigenvalue weighted by Crippen LogP contribution is 2.23. The predicted octanol–water partition coefficient (Wildman–Crippen LogP) is 2.61. The van der Waals surface area contributed by atoms with Gasteiger partial charge in [0.2, 0.25) is 0 Å². The second kappa shape index (κ2) is 5.81. The van der Waals surface area contributed by atoms with Gasteiger partial charge in [-0.1, -0.05) is 18.2 Å². The lowest BCUT2D eigenvalue weighted by molar-refractivity contribution is 0.0615. The highest BCUT2D eigenvalue weighted by Gasteiger charge is 2.18. The van der Waals surface area contributed by atoms with Crippen molar-refractivity contribution in [2.75, 3.05) is 26.0 Å². The molecule has 106 valence electrons. The van der Waals surface area contributed by atoms with Crippen molar-refractivity contribution < 1.29 is 13.6 Å². The van der Waals surface area contributed by atoms with Crippen molar-refractivity contribution >= 4 is 22.5 Å². The third-order valence-electron chi connectivity index (χ3n) is 2.96. The fourth-order valence-electron chi connectivity index (χ4n) is 1.98. The molecule has 1 amide bonds. The van der Waals surface area contributed by atoms with Crippen LogP contribution in [0.4, 0.5) is 14.5 Å². The van der Waals surface area contributed by atoms with Crippen LogP contribution in [0.3, 0.4) is 0 Å². The summed E-state index contributed by atoms with van der Waals surface area (Å²) in [5, 5.41) is 3.86. The molecule has 1 aromatic heterocycles. The van der Waals surface area contributed by atoms with Gasteiger partial charge in [0.15, 0.2) is 0 Å². The van der Waals surface area contributed by atoms with E-state index in [0.717, 1.165) is 16.0 Å². The van der Waals surface area contributed by atoms with Gasteiger partial charge in [-0.05, 0) is 12.1 Å². The number of carbonyl (C=O) groups excluding carboxylic acids is 1. The number of alkyl halides is 2. The minimum Gasteiger partial charge on any atom is -0.388 e. The van der Waals surface area contributed by atoms with E-state index in [4.69, 9.17) is 0 Å². The number of halogens is 2. The van der Waals surface area contributed by atoms with Crippen molar-refractivity contribution in [1.29, 1.82) is 0 Å². The molecule has 1 N–H and O–H groups in total. The molecule has 1 aromatic carbocycles. The third-order valence-corrected chi connectivity index (χ3v) is 2.96. The number of para-hydroxylation sites is 1. The molecule has 4 nitrogen and oxygen atoms in total. The Morgan fingerprint density at radius 2 is 2.10 bits per heavy atom. The molecule has 0 atom stereocenters. The van der Waals surface area contributed by atoms with Crippen LogP contribution in [0, 0.1) is 0 Å². The largest absolute Gasteiger partial charge is 0.388 e. The lowest BCUT2D eigenvalue weighted by atomic mass is 10.1. The zero-order valence-electron chi connectivity index (χ0n) is 11.2. The van der Waals surface area contributed by atoms with Gasteiger partial charge in [0, 0.05) is 25.2 Å². The number of amides is 1. The number of nitrogens with one attached hydrogen (secondary N) is 1. The molecule has 6 heteroatoms. The van der Waals surface area contributed by atoms with Crippen LogP contribution in [0.15, 0.2) is 30.3 Å².